The van der Waals surface area contributed by atoms with Gasteiger partial charge in [-0.3, -0.25) is 0 Å². The van der Waals surface area contributed by atoms with E-state index in [9.17, 15) is 4.79 Å². The molecule has 24 heavy (non-hydrogen) atoms. The molecule has 0 bridgehead atoms. The molecule has 1 saturated heterocycles. The van der Waals surface area contributed by atoms with E-state index in [0.29, 0.717) is 25.4 Å². The van der Waals surface area contributed by atoms with E-state index in [4.69, 9.17) is 14.6 Å². The molecule has 142 valence electrons. The molecule has 0 aromatic heterocycles. The minimum atomic E-state index is -0.540. The van der Waals surface area contributed by atoms with Crippen molar-refractivity contribution in [1.82, 2.24) is 4.90 Å². The van der Waals surface area contributed by atoms with Crippen molar-refractivity contribution in [2.24, 2.45) is 5.92 Å². The van der Waals surface area contributed by atoms with Gasteiger partial charge in [0.05, 0.1) is 6.61 Å². The molecule has 0 aromatic rings. The largest absolute Gasteiger partial charge is 0.508 e. The van der Waals surface area contributed by atoms with Crippen LogP contribution in [-0.4, -0.2) is 55.1 Å². The first-order valence-corrected chi connectivity index (χ1v) is 9.86. The van der Waals surface area contributed by atoms with Gasteiger partial charge < -0.3 is 19.5 Å². The van der Waals surface area contributed by atoms with Crippen LogP contribution in [0.1, 0.15) is 71.6 Å². The summed E-state index contributed by atoms with van der Waals surface area (Å²) in [7, 11) is 0. The number of ether oxygens (including phenoxy) is 2. The topological polar surface area (TPSA) is 59.0 Å². The maximum absolute atomic E-state index is 12.0. The summed E-state index contributed by atoms with van der Waals surface area (Å²) in [5, 5.41) is 9.00. The highest BCUT2D eigenvalue weighted by Gasteiger charge is 2.21. The van der Waals surface area contributed by atoms with Gasteiger partial charge in [0.15, 0.2) is 0 Å². The smallest absolute Gasteiger partial charge is 0.434 e. The predicted octanol–water partition coefficient (Wildman–Crippen LogP) is 3.98. The second-order valence-corrected chi connectivity index (χ2v) is 6.92. The van der Waals surface area contributed by atoms with Gasteiger partial charge in [-0.25, -0.2) is 4.79 Å². The molecule has 0 aromatic carbocycles. The molecule has 1 N–H and O–H groups in total. The normalized spacial score (nSPS) is 19.9. The number of carbonyl (C=O) groups excluding carboxylic acids is 1. The summed E-state index contributed by atoms with van der Waals surface area (Å²) in [6.07, 6.45) is 8.51. The Labute approximate surface area is 147 Å². The zero-order chi connectivity index (χ0) is 17.6. The van der Waals surface area contributed by atoms with Crippen molar-refractivity contribution in [2.75, 3.05) is 32.8 Å². The van der Waals surface area contributed by atoms with Crippen LogP contribution in [0.5, 0.6) is 0 Å². The Morgan fingerprint density at radius 3 is 2.71 bits per heavy atom. The fraction of sp³-hybridized carbons (Fsp3) is 0.947. The highest BCUT2D eigenvalue weighted by molar-refractivity contribution is 5.60. The van der Waals surface area contributed by atoms with E-state index in [2.05, 4.69) is 18.7 Å². The van der Waals surface area contributed by atoms with Gasteiger partial charge in [-0.15, -0.1) is 0 Å². The Hall–Kier alpha value is -0.810. The van der Waals surface area contributed by atoms with Gasteiger partial charge in [0.25, 0.3) is 0 Å². The number of unbranched alkanes of at least 4 members (excludes halogenated alkanes) is 3. The highest BCUT2D eigenvalue weighted by Crippen LogP contribution is 2.18. The van der Waals surface area contributed by atoms with Crippen molar-refractivity contribution in [3.05, 3.63) is 0 Å². The highest BCUT2D eigenvalue weighted by atomic mass is 16.7. The molecule has 2 atom stereocenters. The molecule has 2 unspecified atom stereocenters. The first-order chi connectivity index (χ1) is 11.7. The summed E-state index contributed by atoms with van der Waals surface area (Å²) < 4.78 is 10.9. The monoisotopic (exact) mass is 343 g/mol. The van der Waals surface area contributed by atoms with Gasteiger partial charge in [0, 0.05) is 19.1 Å². The van der Waals surface area contributed by atoms with Crippen LogP contribution in [0.3, 0.4) is 0 Å². The lowest BCUT2D eigenvalue weighted by atomic mass is 9.99. The number of likely N-dealkylation sites (tertiary alicyclic amines) is 1. The summed E-state index contributed by atoms with van der Waals surface area (Å²) in [5.41, 5.74) is 0. The summed E-state index contributed by atoms with van der Waals surface area (Å²) in [6, 6.07) is 0. The quantitative estimate of drug-likeness (QED) is 0.429. The van der Waals surface area contributed by atoms with Crippen molar-refractivity contribution in [1.29, 1.82) is 0 Å². The minimum absolute atomic E-state index is 0.125. The number of rotatable bonds is 12. The fourth-order valence-electron chi connectivity index (χ4n) is 3.31. The van der Waals surface area contributed by atoms with Gasteiger partial charge in [0.1, 0.15) is 6.10 Å². The van der Waals surface area contributed by atoms with Crippen LogP contribution < -0.4 is 0 Å². The molecule has 5 nitrogen and oxygen atoms in total. The first kappa shape index (κ1) is 21.2. The van der Waals surface area contributed by atoms with E-state index in [1.807, 2.05) is 0 Å². The van der Waals surface area contributed by atoms with Crippen molar-refractivity contribution < 1.29 is 19.4 Å². The second kappa shape index (κ2) is 13.5. The summed E-state index contributed by atoms with van der Waals surface area (Å²) >= 11 is 0. The van der Waals surface area contributed by atoms with Crippen molar-refractivity contribution in [3.63, 3.8) is 0 Å². The van der Waals surface area contributed by atoms with Crippen molar-refractivity contribution in [3.8, 4) is 0 Å². The molecule has 1 rings (SSSR count). The maximum atomic E-state index is 12.0. The zero-order valence-electron chi connectivity index (χ0n) is 15.7. The number of aliphatic hydroxyl groups is 1. The van der Waals surface area contributed by atoms with Crippen LogP contribution in [0, 0.1) is 5.92 Å². The van der Waals surface area contributed by atoms with Crippen LogP contribution in [0.25, 0.3) is 0 Å². The Bertz CT molecular complexity index is 324. The van der Waals surface area contributed by atoms with Gasteiger partial charge in [0.2, 0.25) is 0 Å². The van der Waals surface area contributed by atoms with Crippen LogP contribution in [0.4, 0.5) is 4.79 Å². The van der Waals surface area contributed by atoms with E-state index in [1.54, 1.807) is 0 Å². The molecular formula is C19H37NO4. The third kappa shape index (κ3) is 9.48. The molecular weight excluding hydrogens is 306 g/mol. The Morgan fingerprint density at radius 2 is 2.00 bits per heavy atom. The van der Waals surface area contributed by atoms with Crippen molar-refractivity contribution >= 4 is 6.16 Å². The Balaban J connectivity index is 2.26. The maximum Gasteiger partial charge on any atom is 0.508 e. The van der Waals surface area contributed by atoms with Gasteiger partial charge in [-0.05, 0) is 51.6 Å². The van der Waals surface area contributed by atoms with Gasteiger partial charge in [-0.1, -0.05) is 33.1 Å². The average Bonchev–Trinajstić information content (AvgIpc) is 2.61. The summed E-state index contributed by atoms with van der Waals surface area (Å²) in [4.78, 5) is 14.4. The fourth-order valence-corrected chi connectivity index (χ4v) is 3.31. The van der Waals surface area contributed by atoms with Gasteiger partial charge in [-0.2, -0.15) is 0 Å². The first-order valence-electron chi connectivity index (χ1n) is 9.86. The zero-order valence-corrected chi connectivity index (χ0v) is 15.7. The molecule has 5 heteroatoms. The Kier molecular flexibility index (Phi) is 11.9. The van der Waals surface area contributed by atoms with E-state index in [-0.39, 0.29) is 12.7 Å². The van der Waals surface area contributed by atoms with Crippen LogP contribution in [0.2, 0.25) is 0 Å². The number of hydrogen-bond acceptors (Lipinski definition) is 5. The number of carbonyl (C=O) groups is 1. The lowest BCUT2D eigenvalue weighted by Gasteiger charge is -2.31. The number of hydrogen-bond donors (Lipinski definition) is 1. The van der Waals surface area contributed by atoms with Crippen LogP contribution in [0.15, 0.2) is 0 Å². The van der Waals surface area contributed by atoms with E-state index >= 15 is 0 Å². The average molecular weight is 344 g/mol. The number of nitrogens with zero attached hydrogens (tertiary/aromatic N) is 1. The second-order valence-electron chi connectivity index (χ2n) is 6.92. The molecule has 0 aliphatic carbocycles. The standard InChI is InChI=1S/C19H37NO4/c1-3-5-6-7-11-18(12-9-14-21)24-19(22)23-16-17-10-8-13-20(4-2)15-17/h17-18,21H,3-16H2,1-2H3. The van der Waals surface area contributed by atoms with Gasteiger partial charge >= 0.3 is 6.16 Å². The summed E-state index contributed by atoms with van der Waals surface area (Å²) in [5.74, 6) is 0.423. The molecule has 1 heterocycles. The van der Waals surface area contributed by atoms with Crippen LogP contribution in [-0.2, 0) is 9.47 Å². The summed E-state index contributed by atoms with van der Waals surface area (Å²) in [6.45, 7) is 8.16. The third-order valence-corrected chi connectivity index (χ3v) is 4.81. The molecule has 0 saturated carbocycles. The molecule has 1 aliphatic rings. The number of piperidine rings is 1. The lowest BCUT2D eigenvalue weighted by molar-refractivity contribution is 0.00110. The minimum Gasteiger partial charge on any atom is -0.434 e. The molecule has 0 spiro atoms. The van der Waals surface area contributed by atoms with Crippen LogP contribution >= 0.6 is 0 Å². The van der Waals surface area contributed by atoms with E-state index in [1.165, 1.54) is 25.7 Å². The predicted molar refractivity (Wildman–Crippen MR) is 96.1 cm³/mol. The van der Waals surface area contributed by atoms with E-state index < -0.39 is 6.16 Å². The molecule has 0 amide bonds. The van der Waals surface area contributed by atoms with Crippen molar-refractivity contribution in [2.45, 2.75) is 77.7 Å². The number of aliphatic hydroxyl groups excluding tert-OH is 1. The third-order valence-electron chi connectivity index (χ3n) is 4.81. The lowest BCUT2D eigenvalue weighted by Crippen LogP contribution is -2.37. The molecule has 1 aliphatic heterocycles. The molecule has 1 fully saturated rings. The van der Waals surface area contributed by atoms with E-state index in [0.717, 1.165) is 38.9 Å². The molecule has 0 radical (unpaired) electrons. The Morgan fingerprint density at radius 1 is 1.21 bits per heavy atom. The SMILES string of the molecule is CCCCCCC(CCCO)OC(=O)OCC1CCCN(CC)C1.